The van der Waals surface area contributed by atoms with Gasteiger partial charge in [0.1, 0.15) is 11.6 Å². The van der Waals surface area contributed by atoms with Crippen LogP contribution in [-0.2, 0) is 0 Å². The number of aliphatic hydroxyl groups is 1. The SMILES string of the molecule is CC(O)CC(C)CNC(C)c1ccc(F)cc1OC(F)F. The first kappa shape index (κ1) is 17.8. The summed E-state index contributed by atoms with van der Waals surface area (Å²) in [5.41, 5.74) is 0.473. The molecule has 0 heterocycles. The van der Waals surface area contributed by atoms with Crippen LogP contribution in [0.2, 0.25) is 0 Å². The fourth-order valence-corrected chi connectivity index (χ4v) is 2.22. The Morgan fingerprint density at radius 2 is 1.90 bits per heavy atom. The van der Waals surface area contributed by atoms with Gasteiger partial charge in [-0.15, -0.1) is 0 Å². The van der Waals surface area contributed by atoms with E-state index in [9.17, 15) is 18.3 Å². The lowest BCUT2D eigenvalue weighted by molar-refractivity contribution is -0.0508. The lowest BCUT2D eigenvalue weighted by Crippen LogP contribution is -2.26. The fourth-order valence-electron chi connectivity index (χ4n) is 2.22. The van der Waals surface area contributed by atoms with Crippen LogP contribution in [0.15, 0.2) is 18.2 Å². The van der Waals surface area contributed by atoms with Crippen LogP contribution in [0.4, 0.5) is 13.2 Å². The van der Waals surface area contributed by atoms with Crippen LogP contribution in [0.3, 0.4) is 0 Å². The maximum Gasteiger partial charge on any atom is 0.387 e. The molecular formula is C15H22F3NO2. The molecule has 1 rings (SSSR count). The van der Waals surface area contributed by atoms with Crippen LogP contribution >= 0.6 is 0 Å². The summed E-state index contributed by atoms with van der Waals surface area (Å²) in [5.74, 6) is -0.551. The van der Waals surface area contributed by atoms with Gasteiger partial charge in [-0.05, 0) is 38.8 Å². The molecule has 0 bridgehead atoms. The number of ether oxygens (including phenoxy) is 1. The van der Waals surface area contributed by atoms with Crippen LogP contribution in [-0.4, -0.2) is 24.4 Å². The minimum Gasteiger partial charge on any atom is -0.434 e. The van der Waals surface area contributed by atoms with Gasteiger partial charge >= 0.3 is 6.61 Å². The van der Waals surface area contributed by atoms with Gasteiger partial charge in [-0.2, -0.15) is 8.78 Å². The Bertz CT molecular complexity index is 441. The molecule has 1 aromatic rings. The maximum atomic E-state index is 13.1. The van der Waals surface area contributed by atoms with Gasteiger partial charge in [-0.1, -0.05) is 13.0 Å². The minimum absolute atomic E-state index is 0.159. The molecule has 0 spiro atoms. The van der Waals surface area contributed by atoms with Crippen molar-refractivity contribution in [1.29, 1.82) is 0 Å². The number of nitrogens with one attached hydrogen (secondary N) is 1. The zero-order chi connectivity index (χ0) is 16.0. The predicted octanol–water partition coefficient (Wildman–Crippen LogP) is 3.48. The largest absolute Gasteiger partial charge is 0.434 e. The van der Waals surface area contributed by atoms with Crippen molar-refractivity contribution in [1.82, 2.24) is 5.32 Å². The Balaban J connectivity index is 2.70. The van der Waals surface area contributed by atoms with Gasteiger partial charge < -0.3 is 15.2 Å². The van der Waals surface area contributed by atoms with E-state index >= 15 is 0 Å². The minimum atomic E-state index is -2.99. The number of rotatable bonds is 8. The lowest BCUT2D eigenvalue weighted by Gasteiger charge is -2.21. The molecule has 0 fully saturated rings. The second-order valence-electron chi connectivity index (χ2n) is 5.38. The highest BCUT2D eigenvalue weighted by molar-refractivity contribution is 5.36. The molecule has 3 unspecified atom stereocenters. The van der Waals surface area contributed by atoms with Gasteiger partial charge in [0.2, 0.25) is 0 Å². The van der Waals surface area contributed by atoms with E-state index in [4.69, 9.17) is 0 Å². The van der Waals surface area contributed by atoms with E-state index in [2.05, 4.69) is 10.1 Å². The maximum absolute atomic E-state index is 13.1. The highest BCUT2D eigenvalue weighted by Crippen LogP contribution is 2.27. The van der Waals surface area contributed by atoms with E-state index in [1.165, 1.54) is 12.1 Å². The van der Waals surface area contributed by atoms with E-state index in [-0.39, 0.29) is 23.8 Å². The molecule has 0 aromatic heterocycles. The van der Waals surface area contributed by atoms with Gasteiger partial charge in [-0.3, -0.25) is 0 Å². The third-order valence-corrected chi connectivity index (χ3v) is 3.17. The highest BCUT2D eigenvalue weighted by Gasteiger charge is 2.16. The van der Waals surface area contributed by atoms with E-state index in [1.54, 1.807) is 13.8 Å². The smallest absolute Gasteiger partial charge is 0.387 e. The summed E-state index contributed by atoms with van der Waals surface area (Å²) in [5, 5.41) is 12.5. The molecule has 1 aromatic carbocycles. The summed E-state index contributed by atoms with van der Waals surface area (Å²) in [7, 11) is 0. The molecule has 0 aliphatic heterocycles. The zero-order valence-electron chi connectivity index (χ0n) is 12.4. The average Bonchev–Trinajstić information content (AvgIpc) is 2.34. The summed E-state index contributed by atoms with van der Waals surface area (Å²) in [6.45, 7) is 3.10. The third kappa shape index (κ3) is 6.35. The van der Waals surface area contributed by atoms with Gasteiger partial charge in [-0.25, -0.2) is 4.39 Å². The molecule has 0 saturated heterocycles. The molecule has 21 heavy (non-hydrogen) atoms. The normalized spacial score (nSPS) is 15.8. The number of hydrogen-bond donors (Lipinski definition) is 2. The Kier molecular flexibility index (Phi) is 6.98. The molecule has 0 amide bonds. The molecule has 0 aliphatic carbocycles. The van der Waals surface area contributed by atoms with E-state index < -0.39 is 12.4 Å². The number of alkyl halides is 2. The summed E-state index contributed by atoms with van der Waals surface area (Å²) in [4.78, 5) is 0. The molecule has 3 atom stereocenters. The summed E-state index contributed by atoms with van der Waals surface area (Å²) >= 11 is 0. The van der Waals surface area contributed by atoms with Crippen molar-refractivity contribution in [2.75, 3.05) is 6.54 Å². The third-order valence-electron chi connectivity index (χ3n) is 3.17. The predicted molar refractivity (Wildman–Crippen MR) is 74.9 cm³/mol. The summed E-state index contributed by atoms with van der Waals surface area (Å²) in [6, 6.07) is 3.34. The van der Waals surface area contributed by atoms with Crippen molar-refractivity contribution in [3.05, 3.63) is 29.6 Å². The van der Waals surface area contributed by atoms with Crippen molar-refractivity contribution >= 4 is 0 Å². The summed E-state index contributed by atoms with van der Waals surface area (Å²) in [6.07, 6.45) is 0.254. The quantitative estimate of drug-likeness (QED) is 0.772. The van der Waals surface area contributed by atoms with E-state index in [1.807, 2.05) is 6.92 Å². The molecular weight excluding hydrogens is 283 g/mol. The highest BCUT2D eigenvalue weighted by atomic mass is 19.3. The molecule has 120 valence electrons. The second-order valence-corrected chi connectivity index (χ2v) is 5.38. The first-order valence-electron chi connectivity index (χ1n) is 6.95. The molecule has 0 saturated carbocycles. The van der Waals surface area contributed by atoms with Gasteiger partial charge in [0.25, 0.3) is 0 Å². The zero-order valence-corrected chi connectivity index (χ0v) is 12.4. The van der Waals surface area contributed by atoms with Gasteiger partial charge in [0.15, 0.2) is 0 Å². The van der Waals surface area contributed by atoms with Gasteiger partial charge in [0.05, 0.1) is 6.10 Å². The Hall–Kier alpha value is -1.27. The van der Waals surface area contributed by atoms with Crippen LogP contribution < -0.4 is 10.1 Å². The Labute approximate surface area is 123 Å². The van der Waals surface area contributed by atoms with Crippen molar-refractivity contribution in [2.24, 2.45) is 5.92 Å². The molecule has 0 radical (unpaired) electrons. The fraction of sp³-hybridized carbons (Fsp3) is 0.600. The molecule has 6 heteroatoms. The van der Waals surface area contributed by atoms with Crippen LogP contribution in [0.5, 0.6) is 5.75 Å². The topological polar surface area (TPSA) is 41.5 Å². The molecule has 0 aliphatic rings. The van der Waals surface area contributed by atoms with Crippen LogP contribution in [0, 0.1) is 11.7 Å². The second kappa shape index (κ2) is 8.24. The number of hydrogen-bond acceptors (Lipinski definition) is 3. The molecule has 3 nitrogen and oxygen atoms in total. The van der Waals surface area contributed by atoms with E-state index in [0.29, 0.717) is 18.5 Å². The Morgan fingerprint density at radius 1 is 1.24 bits per heavy atom. The van der Waals surface area contributed by atoms with Crippen molar-refractivity contribution in [2.45, 2.75) is 45.9 Å². The average molecular weight is 305 g/mol. The first-order valence-corrected chi connectivity index (χ1v) is 6.95. The van der Waals surface area contributed by atoms with Crippen molar-refractivity contribution < 1.29 is 23.0 Å². The first-order chi connectivity index (χ1) is 9.79. The number of halogens is 3. The monoisotopic (exact) mass is 305 g/mol. The Morgan fingerprint density at radius 3 is 2.48 bits per heavy atom. The van der Waals surface area contributed by atoms with Gasteiger partial charge in [0, 0.05) is 17.7 Å². The van der Waals surface area contributed by atoms with E-state index in [0.717, 1.165) is 6.07 Å². The summed E-state index contributed by atoms with van der Waals surface area (Å²) < 4.78 is 42.2. The number of aliphatic hydroxyl groups excluding tert-OH is 1. The van der Waals surface area contributed by atoms with Crippen molar-refractivity contribution in [3.63, 3.8) is 0 Å². The van der Waals surface area contributed by atoms with Crippen molar-refractivity contribution in [3.8, 4) is 5.75 Å². The van der Waals surface area contributed by atoms with Crippen LogP contribution in [0.25, 0.3) is 0 Å². The molecule has 2 N–H and O–H groups in total. The lowest BCUT2D eigenvalue weighted by atomic mass is 10.0. The van der Waals surface area contributed by atoms with Crippen LogP contribution in [0.1, 0.15) is 38.8 Å². The number of benzene rings is 1. The standard InChI is InChI=1S/C15H22F3NO2/c1-9(6-10(2)20)8-19-11(3)13-5-4-12(16)7-14(13)21-15(17)18/h4-5,7,9-11,15,19-20H,6,8H2,1-3H3.